The quantitative estimate of drug-likeness (QED) is 0.611. The Morgan fingerprint density at radius 3 is 2.27 bits per heavy atom. The molecule has 0 unspecified atom stereocenters. The minimum Gasteiger partial charge on any atom is -0.477 e. The molecule has 2 aromatic rings. The number of carboxylic acid groups (broad SMARTS) is 1. The van der Waals surface area contributed by atoms with Crippen LogP contribution in [0.5, 0.6) is 0 Å². The number of nitrogens with zero attached hydrogens (tertiary/aromatic N) is 2. The maximum atomic E-state index is 12.4. The smallest absolute Gasteiger partial charge is 0.354 e. The first-order chi connectivity index (χ1) is 12.2. The van der Waals surface area contributed by atoms with E-state index < -0.39 is 21.9 Å². The number of carboxylic acids is 1. The van der Waals surface area contributed by atoms with E-state index in [1.807, 2.05) is 13.8 Å². The molecule has 9 nitrogen and oxygen atoms in total. The van der Waals surface area contributed by atoms with Crippen LogP contribution in [0.4, 0.5) is 0 Å². The lowest BCUT2D eigenvalue weighted by molar-refractivity contribution is 0.0672. The van der Waals surface area contributed by atoms with Crippen LogP contribution in [0.1, 0.15) is 34.7 Å². The second-order valence-corrected chi connectivity index (χ2v) is 6.79. The molecule has 1 amide bonds. The number of carbonyl (C=O) groups excluding carboxylic acids is 1. The SMILES string of the molecule is CCNN(CC)C(=O)c1ccc(-c2ccn(S(N)(=O)=O)c2C(=O)O)cc1. The highest BCUT2D eigenvalue weighted by Crippen LogP contribution is 2.26. The molecule has 0 aliphatic rings. The average Bonchev–Trinajstić information content (AvgIpc) is 3.05. The topological polar surface area (TPSA) is 135 Å². The highest BCUT2D eigenvalue weighted by molar-refractivity contribution is 7.87. The van der Waals surface area contributed by atoms with Gasteiger partial charge in [0.05, 0.1) is 0 Å². The predicted molar refractivity (Wildman–Crippen MR) is 95.7 cm³/mol. The normalized spacial score (nSPS) is 11.3. The third-order valence-corrected chi connectivity index (χ3v) is 4.53. The number of aromatic carboxylic acids is 1. The number of carbonyl (C=O) groups is 2. The molecule has 0 fully saturated rings. The summed E-state index contributed by atoms with van der Waals surface area (Å²) in [6, 6.07) is 7.57. The first-order valence-electron chi connectivity index (χ1n) is 7.84. The summed E-state index contributed by atoms with van der Waals surface area (Å²) in [5, 5.41) is 15.9. The molecular formula is C16H20N4O5S. The van der Waals surface area contributed by atoms with Gasteiger partial charge in [-0.3, -0.25) is 9.80 Å². The molecule has 1 heterocycles. The Morgan fingerprint density at radius 2 is 1.81 bits per heavy atom. The van der Waals surface area contributed by atoms with Crippen LogP contribution >= 0.6 is 0 Å². The monoisotopic (exact) mass is 380 g/mol. The van der Waals surface area contributed by atoms with Crippen LogP contribution < -0.4 is 10.6 Å². The molecule has 0 aliphatic carbocycles. The van der Waals surface area contributed by atoms with Crippen LogP contribution in [-0.2, 0) is 10.2 Å². The van der Waals surface area contributed by atoms with Crippen LogP contribution in [-0.4, -0.2) is 47.5 Å². The molecular weight excluding hydrogens is 360 g/mol. The Bertz CT molecular complexity index is 919. The van der Waals surface area contributed by atoms with Crippen LogP contribution in [0.15, 0.2) is 36.5 Å². The van der Waals surface area contributed by atoms with Crippen LogP contribution in [0.2, 0.25) is 0 Å². The number of amides is 1. The van der Waals surface area contributed by atoms with Crippen molar-refractivity contribution in [3.05, 3.63) is 47.8 Å². The van der Waals surface area contributed by atoms with Crippen molar-refractivity contribution in [3.63, 3.8) is 0 Å². The number of hydrogen-bond acceptors (Lipinski definition) is 5. The average molecular weight is 380 g/mol. The second kappa shape index (κ2) is 7.68. The number of aromatic nitrogens is 1. The lowest BCUT2D eigenvalue weighted by Gasteiger charge is -2.21. The van der Waals surface area contributed by atoms with E-state index in [1.165, 1.54) is 11.1 Å². The predicted octanol–water partition coefficient (Wildman–Crippen LogP) is 0.892. The fourth-order valence-electron chi connectivity index (χ4n) is 2.54. The maximum Gasteiger partial charge on any atom is 0.354 e. The Hall–Kier alpha value is -2.69. The Kier molecular flexibility index (Phi) is 5.80. The lowest BCUT2D eigenvalue weighted by atomic mass is 10.0. The molecule has 0 spiro atoms. The third kappa shape index (κ3) is 3.93. The van der Waals surface area contributed by atoms with E-state index in [0.29, 0.717) is 28.2 Å². The van der Waals surface area contributed by atoms with E-state index in [-0.39, 0.29) is 11.5 Å². The molecule has 0 aliphatic heterocycles. The number of nitrogens with one attached hydrogen (secondary N) is 1. The van der Waals surface area contributed by atoms with E-state index in [4.69, 9.17) is 5.14 Å². The Morgan fingerprint density at radius 1 is 1.19 bits per heavy atom. The fraction of sp³-hybridized carbons (Fsp3) is 0.250. The molecule has 0 saturated heterocycles. The van der Waals surface area contributed by atoms with Gasteiger partial charge in [0, 0.05) is 30.4 Å². The van der Waals surface area contributed by atoms with E-state index in [2.05, 4.69) is 5.43 Å². The van der Waals surface area contributed by atoms with Gasteiger partial charge in [-0.25, -0.2) is 19.3 Å². The molecule has 10 heteroatoms. The van der Waals surface area contributed by atoms with Gasteiger partial charge in [-0.15, -0.1) is 0 Å². The van der Waals surface area contributed by atoms with Gasteiger partial charge in [-0.05, 0) is 30.7 Å². The summed E-state index contributed by atoms with van der Waals surface area (Å²) in [6.07, 6.45) is 1.08. The van der Waals surface area contributed by atoms with Crippen molar-refractivity contribution >= 4 is 22.1 Å². The molecule has 0 bridgehead atoms. The number of rotatable bonds is 7. The molecule has 0 atom stereocenters. The number of benzene rings is 1. The molecule has 4 N–H and O–H groups in total. The summed E-state index contributed by atoms with van der Waals surface area (Å²) >= 11 is 0. The maximum absolute atomic E-state index is 12.4. The van der Waals surface area contributed by atoms with Crippen molar-refractivity contribution < 1.29 is 23.1 Å². The zero-order chi connectivity index (χ0) is 19.5. The molecule has 26 heavy (non-hydrogen) atoms. The van der Waals surface area contributed by atoms with E-state index in [1.54, 1.807) is 24.3 Å². The highest BCUT2D eigenvalue weighted by Gasteiger charge is 2.23. The van der Waals surface area contributed by atoms with E-state index >= 15 is 0 Å². The highest BCUT2D eigenvalue weighted by atomic mass is 32.2. The van der Waals surface area contributed by atoms with Crippen molar-refractivity contribution in [2.24, 2.45) is 5.14 Å². The van der Waals surface area contributed by atoms with Crippen molar-refractivity contribution in [2.45, 2.75) is 13.8 Å². The van der Waals surface area contributed by atoms with Crippen molar-refractivity contribution in [1.29, 1.82) is 0 Å². The van der Waals surface area contributed by atoms with Crippen LogP contribution in [0, 0.1) is 0 Å². The molecule has 0 saturated carbocycles. The molecule has 0 radical (unpaired) electrons. The first-order valence-corrected chi connectivity index (χ1v) is 9.34. The number of nitrogens with two attached hydrogens (primary N) is 1. The second-order valence-electron chi connectivity index (χ2n) is 5.36. The molecule has 1 aromatic carbocycles. The first kappa shape index (κ1) is 19.6. The van der Waals surface area contributed by atoms with Crippen molar-refractivity contribution in [1.82, 2.24) is 14.4 Å². The van der Waals surface area contributed by atoms with E-state index in [9.17, 15) is 23.1 Å². The molecule has 1 aromatic heterocycles. The largest absolute Gasteiger partial charge is 0.477 e. The van der Waals surface area contributed by atoms with Gasteiger partial charge in [-0.2, -0.15) is 8.42 Å². The van der Waals surface area contributed by atoms with Crippen LogP contribution in [0.3, 0.4) is 0 Å². The lowest BCUT2D eigenvalue weighted by Crippen LogP contribution is -2.42. The fourth-order valence-corrected chi connectivity index (χ4v) is 3.20. The van der Waals surface area contributed by atoms with E-state index in [0.717, 1.165) is 6.20 Å². The summed E-state index contributed by atoms with van der Waals surface area (Å²) in [5.41, 5.74) is 3.53. The Labute approximate surface area is 151 Å². The van der Waals surface area contributed by atoms with Gasteiger partial charge in [0.15, 0.2) is 5.69 Å². The number of hydrazine groups is 1. The third-order valence-electron chi connectivity index (χ3n) is 3.68. The van der Waals surface area contributed by atoms with Gasteiger partial charge in [0.25, 0.3) is 5.91 Å². The van der Waals surface area contributed by atoms with Gasteiger partial charge >= 0.3 is 16.2 Å². The summed E-state index contributed by atoms with van der Waals surface area (Å²) in [5.74, 6) is -1.65. The molecule has 2 rings (SSSR count). The standard InChI is InChI=1S/C16H20N4O5S/c1-3-18-19(4-2)15(21)12-7-5-11(6-8-12)13-9-10-20(26(17,24)25)14(13)16(22)23/h5-10,18H,3-4H2,1-2H3,(H,22,23)(H2,17,24,25). The zero-order valence-electron chi connectivity index (χ0n) is 14.3. The van der Waals surface area contributed by atoms with Crippen molar-refractivity contribution in [2.75, 3.05) is 13.1 Å². The minimum atomic E-state index is -4.24. The summed E-state index contributed by atoms with van der Waals surface area (Å²) in [6.45, 7) is 4.79. The van der Waals surface area contributed by atoms with Gasteiger partial charge < -0.3 is 5.11 Å². The molecule has 140 valence electrons. The van der Waals surface area contributed by atoms with Crippen molar-refractivity contribution in [3.8, 4) is 11.1 Å². The number of hydrogen-bond donors (Lipinski definition) is 3. The minimum absolute atomic E-state index is 0.185. The van der Waals surface area contributed by atoms with Gasteiger partial charge in [-0.1, -0.05) is 19.1 Å². The zero-order valence-corrected chi connectivity index (χ0v) is 15.2. The van der Waals surface area contributed by atoms with Gasteiger partial charge in [0.2, 0.25) is 0 Å². The Balaban J connectivity index is 2.42. The van der Waals surface area contributed by atoms with Gasteiger partial charge in [0.1, 0.15) is 0 Å². The summed E-state index contributed by atoms with van der Waals surface area (Å²) in [4.78, 5) is 23.9. The summed E-state index contributed by atoms with van der Waals surface area (Å²) < 4.78 is 23.6. The van der Waals surface area contributed by atoms with Crippen LogP contribution in [0.25, 0.3) is 11.1 Å². The summed E-state index contributed by atoms with van der Waals surface area (Å²) in [7, 11) is -4.24.